The van der Waals surface area contributed by atoms with Gasteiger partial charge in [0.1, 0.15) is 0 Å². The predicted molar refractivity (Wildman–Crippen MR) is 75.0 cm³/mol. The normalized spacial score (nSPS) is 11.9. The Hall–Kier alpha value is -1.42. The molecule has 0 aliphatic rings. The van der Waals surface area contributed by atoms with Gasteiger partial charge in [0.15, 0.2) is 0 Å². The molecule has 1 rings (SSSR count). The van der Waals surface area contributed by atoms with E-state index in [0.717, 1.165) is 17.7 Å². The van der Waals surface area contributed by atoms with E-state index in [1.807, 2.05) is 38.1 Å². The van der Waals surface area contributed by atoms with E-state index < -0.39 is 0 Å². The minimum Gasteiger partial charge on any atom is -0.393 e. The quantitative estimate of drug-likeness (QED) is 0.789. The molecule has 1 aromatic rings. The van der Waals surface area contributed by atoms with Gasteiger partial charge in [0.2, 0.25) is 5.91 Å². The van der Waals surface area contributed by atoms with Crippen LogP contribution in [-0.2, 0) is 11.2 Å². The van der Waals surface area contributed by atoms with Crippen molar-refractivity contribution < 1.29 is 4.79 Å². The minimum absolute atomic E-state index is 0.0336. The molecule has 0 saturated heterocycles. The molecule has 0 aliphatic carbocycles. The predicted octanol–water partition coefficient (Wildman–Crippen LogP) is 2.50. The summed E-state index contributed by atoms with van der Waals surface area (Å²) in [6.07, 6.45) is 1.43. The molecule has 0 spiro atoms. The van der Waals surface area contributed by atoms with Crippen molar-refractivity contribution in [2.75, 3.05) is 5.32 Å². The summed E-state index contributed by atoms with van der Waals surface area (Å²) in [5.41, 5.74) is 7.32. The van der Waals surface area contributed by atoms with E-state index in [2.05, 4.69) is 5.32 Å². The number of amides is 1. The third-order valence-corrected chi connectivity index (χ3v) is 2.80. The first-order valence-electron chi connectivity index (χ1n) is 5.71. The Morgan fingerprint density at radius 1 is 1.41 bits per heavy atom. The van der Waals surface area contributed by atoms with Crippen molar-refractivity contribution in [1.29, 1.82) is 0 Å². The van der Waals surface area contributed by atoms with Crippen LogP contribution in [0.15, 0.2) is 24.3 Å². The third kappa shape index (κ3) is 4.53. The fraction of sp³-hybridized carbons (Fsp3) is 0.385. The van der Waals surface area contributed by atoms with Crippen molar-refractivity contribution in [2.45, 2.75) is 26.7 Å². The number of hydrogen-bond acceptors (Lipinski definition) is 2. The van der Waals surface area contributed by atoms with E-state index in [1.54, 1.807) is 0 Å². The number of benzene rings is 1. The van der Waals surface area contributed by atoms with Gasteiger partial charge in [-0.1, -0.05) is 38.2 Å². The Morgan fingerprint density at radius 2 is 2.00 bits per heavy atom. The summed E-state index contributed by atoms with van der Waals surface area (Å²) in [5.74, 6) is 0.0842. The van der Waals surface area contributed by atoms with Crippen LogP contribution in [0.4, 0.5) is 5.69 Å². The fourth-order valence-electron chi connectivity index (χ4n) is 1.36. The number of carbonyl (C=O) groups excluding carboxylic acids is 1. The van der Waals surface area contributed by atoms with Gasteiger partial charge in [-0.15, -0.1) is 0 Å². The van der Waals surface area contributed by atoms with Gasteiger partial charge in [-0.25, -0.2) is 0 Å². The summed E-state index contributed by atoms with van der Waals surface area (Å²) in [4.78, 5) is 12.1. The van der Waals surface area contributed by atoms with Crippen LogP contribution in [0.3, 0.4) is 0 Å². The Balaban J connectivity index is 2.62. The Bertz CT molecular complexity index is 400. The third-order valence-electron chi connectivity index (χ3n) is 2.66. The van der Waals surface area contributed by atoms with Gasteiger partial charge in [0.25, 0.3) is 0 Å². The standard InChI is InChI=1S/C13H18N2OS/c1-3-9(2)13(16)15-11-6-4-10(5-7-11)8-12(14)17/h4-7,9H,3,8H2,1-2H3,(H2,14,17)(H,15,16). The number of nitrogens with one attached hydrogen (secondary N) is 1. The average molecular weight is 250 g/mol. The molecule has 0 aromatic heterocycles. The first-order chi connectivity index (χ1) is 8.02. The highest BCUT2D eigenvalue weighted by molar-refractivity contribution is 7.80. The summed E-state index contributed by atoms with van der Waals surface area (Å²) in [6.45, 7) is 3.91. The lowest BCUT2D eigenvalue weighted by atomic mass is 10.1. The molecule has 0 aliphatic heterocycles. The number of anilines is 1. The molecule has 92 valence electrons. The van der Waals surface area contributed by atoms with Crippen LogP contribution in [0.5, 0.6) is 0 Å². The van der Waals surface area contributed by atoms with Gasteiger partial charge < -0.3 is 11.1 Å². The van der Waals surface area contributed by atoms with Gasteiger partial charge in [-0.05, 0) is 24.1 Å². The molecule has 4 heteroatoms. The molecule has 0 bridgehead atoms. The number of nitrogens with two attached hydrogens (primary N) is 1. The maximum absolute atomic E-state index is 11.7. The van der Waals surface area contributed by atoms with Crippen molar-refractivity contribution in [3.63, 3.8) is 0 Å². The first-order valence-corrected chi connectivity index (χ1v) is 6.12. The zero-order valence-corrected chi connectivity index (χ0v) is 11.0. The molecule has 1 atom stereocenters. The highest BCUT2D eigenvalue weighted by atomic mass is 32.1. The highest BCUT2D eigenvalue weighted by Crippen LogP contribution is 2.12. The zero-order chi connectivity index (χ0) is 12.8. The van der Waals surface area contributed by atoms with Gasteiger partial charge in [-0.2, -0.15) is 0 Å². The molecule has 3 N–H and O–H groups in total. The van der Waals surface area contributed by atoms with Crippen molar-refractivity contribution in [2.24, 2.45) is 11.7 Å². The van der Waals surface area contributed by atoms with Gasteiger partial charge in [0, 0.05) is 18.0 Å². The number of hydrogen-bond donors (Lipinski definition) is 2. The fourth-order valence-corrected chi connectivity index (χ4v) is 1.52. The summed E-state index contributed by atoms with van der Waals surface area (Å²) >= 11 is 4.84. The van der Waals surface area contributed by atoms with E-state index in [1.165, 1.54) is 0 Å². The average Bonchev–Trinajstić information content (AvgIpc) is 2.30. The molecule has 3 nitrogen and oxygen atoms in total. The van der Waals surface area contributed by atoms with Crippen LogP contribution in [0.1, 0.15) is 25.8 Å². The number of thiocarbonyl (C=S) groups is 1. The highest BCUT2D eigenvalue weighted by Gasteiger charge is 2.10. The minimum atomic E-state index is 0.0336. The smallest absolute Gasteiger partial charge is 0.227 e. The lowest BCUT2D eigenvalue weighted by molar-refractivity contribution is -0.119. The molecule has 0 radical (unpaired) electrons. The van der Waals surface area contributed by atoms with E-state index >= 15 is 0 Å². The Kier molecular flexibility index (Phi) is 5.10. The molecule has 0 saturated carbocycles. The van der Waals surface area contributed by atoms with Crippen molar-refractivity contribution in [1.82, 2.24) is 0 Å². The second kappa shape index (κ2) is 6.35. The lowest BCUT2D eigenvalue weighted by Gasteiger charge is -2.10. The second-order valence-electron chi connectivity index (χ2n) is 4.14. The van der Waals surface area contributed by atoms with E-state index in [4.69, 9.17) is 18.0 Å². The molecule has 1 aromatic carbocycles. The van der Waals surface area contributed by atoms with Crippen LogP contribution < -0.4 is 11.1 Å². The van der Waals surface area contributed by atoms with Gasteiger partial charge >= 0.3 is 0 Å². The van der Waals surface area contributed by atoms with Crippen LogP contribution in [-0.4, -0.2) is 10.9 Å². The molecular formula is C13H18N2OS. The Labute approximate surface area is 107 Å². The van der Waals surface area contributed by atoms with Crippen LogP contribution in [0.25, 0.3) is 0 Å². The van der Waals surface area contributed by atoms with E-state index in [9.17, 15) is 4.79 Å². The number of rotatable bonds is 5. The van der Waals surface area contributed by atoms with Crippen molar-refractivity contribution >= 4 is 28.8 Å². The molecule has 17 heavy (non-hydrogen) atoms. The van der Waals surface area contributed by atoms with Crippen LogP contribution in [0.2, 0.25) is 0 Å². The number of carbonyl (C=O) groups is 1. The maximum atomic E-state index is 11.7. The van der Waals surface area contributed by atoms with Crippen molar-refractivity contribution in [3.8, 4) is 0 Å². The molecule has 0 fully saturated rings. The van der Waals surface area contributed by atoms with Crippen LogP contribution in [0, 0.1) is 5.92 Å². The van der Waals surface area contributed by atoms with E-state index in [0.29, 0.717) is 11.4 Å². The zero-order valence-electron chi connectivity index (χ0n) is 10.2. The molecule has 1 amide bonds. The first kappa shape index (κ1) is 13.6. The second-order valence-corrected chi connectivity index (χ2v) is 4.66. The molecule has 1 unspecified atom stereocenters. The lowest BCUT2D eigenvalue weighted by Crippen LogP contribution is -2.19. The van der Waals surface area contributed by atoms with Gasteiger partial charge in [0.05, 0.1) is 4.99 Å². The maximum Gasteiger partial charge on any atom is 0.227 e. The largest absolute Gasteiger partial charge is 0.393 e. The van der Waals surface area contributed by atoms with Crippen molar-refractivity contribution in [3.05, 3.63) is 29.8 Å². The van der Waals surface area contributed by atoms with Crippen LogP contribution >= 0.6 is 12.2 Å². The van der Waals surface area contributed by atoms with E-state index in [-0.39, 0.29) is 11.8 Å². The summed E-state index contributed by atoms with van der Waals surface area (Å²) in [6, 6.07) is 7.58. The summed E-state index contributed by atoms with van der Waals surface area (Å²) in [5, 5.41) is 2.87. The van der Waals surface area contributed by atoms with Gasteiger partial charge in [-0.3, -0.25) is 4.79 Å². The monoisotopic (exact) mass is 250 g/mol. The Morgan fingerprint density at radius 3 is 2.47 bits per heavy atom. The summed E-state index contributed by atoms with van der Waals surface area (Å²) < 4.78 is 0. The summed E-state index contributed by atoms with van der Waals surface area (Å²) in [7, 11) is 0. The topological polar surface area (TPSA) is 55.1 Å². The SMILES string of the molecule is CCC(C)C(=O)Nc1ccc(CC(N)=S)cc1. The molecule has 0 heterocycles. The molecular weight excluding hydrogens is 232 g/mol.